The van der Waals surface area contributed by atoms with Gasteiger partial charge in [0.1, 0.15) is 5.75 Å². The monoisotopic (exact) mass is 202 g/mol. The normalized spacial score (nSPS) is 11.4. The predicted octanol–water partition coefficient (Wildman–Crippen LogP) is 2.30. The molecule has 0 fully saturated rings. The van der Waals surface area contributed by atoms with Gasteiger partial charge in [-0.15, -0.1) is 0 Å². The minimum absolute atomic E-state index is 0.0760. The minimum atomic E-state index is -4.24. The van der Waals surface area contributed by atoms with Crippen LogP contribution in [0.3, 0.4) is 0 Å². The number of rotatable bonds is 3. The number of methoxy groups -OCH3 is 1. The molecule has 4 heteroatoms. The Morgan fingerprint density at radius 1 is 1.31 bits per heavy atom. The first-order chi connectivity index (χ1) is 6.11. The lowest BCUT2D eigenvalue weighted by Crippen LogP contribution is -2.38. The molecule has 0 unspecified atom stereocenters. The van der Waals surface area contributed by atoms with Crippen LogP contribution in [0.1, 0.15) is 6.92 Å². The summed E-state index contributed by atoms with van der Waals surface area (Å²) in [6.45, 7) is 1.51. The first-order valence-electron chi connectivity index (χ1n) is 4.13. The van der Waals surface area contributed by atoms with Gasteiger partial charge < -0.3 is 4.74 Å². The maximum atomic E-state index is 13.4. The third-order valence-electron chi connectivity index (χ3n) is 1.95. The lowest BCUT2D eigenvalue weighted by molar-refractivity contribution is 0.416. The van der Waals surface area contributed by atoms with Gasteiger partial charge >= 0.3 is 8.74 Å². The molecule has 0 bridgehead atoms. The second-order valence-corrected chi connectivity index (χ2v) is 5.41. The van der Waals surface area contributed by atoms with E-state index in [9.17, 15) is 8.22 Å². The number of hydrogen-bond acceptors (Lipinski definition) is 1. The molecule has 0 saturated carbocycles. The summed E-state index contributed by atoms with van der Waals surface area (Å²) in [5, 5.41) is 0.0972. The fourth-order valence-electron chi connectivity index (χ4n) is 1.14. The molecule has 0 atom stereocenters. The molecule has 1 aromatic carbocycles. The summed E-state index contributed by atoms with van der Waals surface area (Å²) in [4.78, 5) is 0. The van der Waals surface area contributed by atoms with Crippen molar-refractivity contribution in [2.45, 2.75) is 13.0 Å². The summed E-state index contributed by atoms with van der Waals surface area (Å²) in [6.07, 6.45) is 0. The minimum Gasteiger partial charge on any atom is -0.497 e. The fourth-order valence-corrected chi connectivity index (χ4v) is 2.40. The second-order valence-electron chi connectivity index (χ2n) is 2.76. The van der Waals surface area contributed by atoms with Gasteiger partial charge in [0.05, 0.1) is 7.11 Å². The standard InChI is InChI=1S/C9H12F2OSi/c1-3-13(10,11)9-7-5-4-6-8(9)12-2/h4-7H,3H2,1-2H3. The van der Waals surface area contributed by atoms with Crippen LogP contribution in [0.5, 0.6) is 5.75 Å². The molecule has 0 heterocycles. The highest BCUT2D eigenvalue weighted by atomic mass is 28.4. The second kappa shape index (κ2) is 3.87. The van der Waals surface area contributed by atoms with Crippen LogP contribution in [-0.2, 0) is 0 Å². The van der Waals surface area contributed by atoms with E-state index in [-0.39, 0.29) is 11.2 Å². The topological polar surface area (TPSA) is 9.23 Å². The van der Waals surface area contributed by atoms with E-state index < -0.39 is 8.74 Å². The Bertz CT molecular complexity index is 289. The molecule has 0 N–H and O–H groups in total. The van der Waals surface area contributed by atoms with E-state index in [1.807, 2.05) is 0 Å². The van der Waals surface area contributed by atoms with Gasteiger partial charge in [-0.3, -0.25) is 8.22 Å². The van der Waals surface area contributed by atoms with Crippen molar-refractivity contribution in [2.75, 3.05) is 7.11 Å². The van der Waals surface area contributed by atoms with E-state index in [1.54, 1.807) is 18.2 Å². The van der Waals surface area contributed by atoms with Gasteiger partial charge in [0.2, 0.25) is 0 Å². The van der Waals surface area contributed by atoms with Crippen LogP contribution in [0.2, 0.25) is 6.04 Å². The van der Waals surface area contributed by atoms with E-state index in [4.69, 9.17) is 4.74 Å². The molecule has 0 aliphatic carbocycles. The molecule has 0 amide bonds. The van der Waals surface area contributed by atoms with Gasteiger partial charge in [0.15, 0.2) is 0 Å². The van der Waals surface area contributed by atoms with E-state index in [2.05, 4.69) is 0 Å². The molecule has 0 aromatic heterocycles. The summed E-state index contributed by atoms with van der Waals surface area (Å²) in [6, 6.07) is 6.27. The van der Waals surface area contributed by atoms with Crippen LogP contribution in [0.25, 0.3) is 0 Å². The Labute approximate surface area is 77.7 Å². The van der Waals surface area contributed by atoms with E-state index >= 15 is 0 Å². The molecule has 0 radical (unpaired) electrons. The fraction of sp³-hybridized carbons (Fsp3) is 0.333. The number of halogens is 2. The highest BCUT2D eigenvalue weighted by molar-refractivity contribution is 6.80. The highest BCUT2D eigenvalue weighted by Gasteiger charge is 2.38. The van der Waals surface area contributed by atoms with Crippen LogP contribution in [0.15, 0.2) is 24.3 Å². The molecule has 1 nitrogen and oxygen atoms in total. The summed E-state index contributed by atoms with van der Waals surface area (Å²) >= 11 is 0. The van der Waals surface area contributed by atoms with Crippen molar-refractivity contribution in [2.24, 2.45) is 0 Å². The van der Waals surface area contributed by atoms with Crippen molar-refractivity contribution in [1.82, 2.24) is 0 Å². The Balaban J connectivity index is 3.12. The van der Waals surface area contributed by atoms with Crippen LogP contribution >= 0.6 is 0 Å². The Kier molecular flexibility index (Phi) is 3.03. The Morgan fingerprint density at radius 2 is 1.92 bits per heavy atom. The molecule has 0 aliphatic heterocycles. The summed E-state index contributed by atoms with van der Waals surface area (Å²) in [5.74, 6) is 0.306. The van der Waals surface area contributed by atoms with E-state index in [0.29, 0.717) is 5.75 Å². The zero-order valence-corrected chi connectivity index (χ0v) is 8.68. The highest BCUT2D eigenvalue weighted by Crippen LogP contribution is 2.19. The van der Waals surface area contributed by atoms with Gasteiger partial charge in [0, 0.05) is 5.19 Å². The van der Waals surface area contributed by atoms with Crippen molar-refractivity contribution in [3.05, 3.63) is 24.3 Å². The average molecular weight is 202 g/mol. The van der Waals surface area contributed by atoms with Gasteiger partial charge in [-0.1, -0.05) is 25.1 Å². The van der Waals surface area contributed by atoms with Crippen LogP contribution in [-0.4, -0.2) is 15.9 Å². The van der Waals surface area contributed by atoms with Gasteiger partial charge in [0.25, 0.3) is 0 Å². The van der Waals surface area contributed by atoms with Gasteiger partial charge in [-0.05, 0) is 12.1 Å². The largest absolute Gasteiger partial charge is 0.497 e. The quantitative estimate of drug-likeness (QED) is 0.540. The maximum Gasteiger partial charge on any atom is 0.458 e. The van der Waals surface area contributed by atoms with Crippen molar-refractivity contribution >= 4 is 13.9 Å². The maximum absolute atomic E-state index is 13.4. The Morgan fingerprint density at radius 3 is 2.46 bits per heavy atom. The third kappa shape index (κ3) is 2.06. The summed E-state index contributed by atoms with van der Waals surface area (Å²) in [7, 11) is -2.83. The molecule has 13 heavy (non-hydrogen) atoms. The first kappa shape index (κ1) is 10.2. The van der Waals surface area contributed by atoms with Gasteiger partial charge in [-0.2, -0.15) is 0 Å². The number of para-hydroxylation sites is 1. The average Bonchev–Trinajstić information content (AvgIpc) is 2.18. The van der Waals surface area contributed by atoms with Crippen LogP contribution in [0.4, 0.5) is 8.22 Å². The summed E-state index contributed by atoms with van der Waals surface area (Å²) in [5.41, 5.74) is 0. The molecule has 0 saturated heterocycles. The van der Waals surface area contributed by atoms with Gasteiger partial charge in [-0.25, -0.2) is 0 Å². The molecule has 1 aromatic rings. The molecule has 0 aliphatic rings. The third-order valence-corrected chi connectivity index (χ3v) is 4.03. The number of ether oxygens (including phenoxy) is 1. The molecular formula is C9H12F2OSi. The Hall–Kier alpha value is -0.903. The molecular weight excluding hydrogens is 190 g/mol. The molecule has 1 rings (SSSR count). The van der Waals surface area contributed by atoms with E-state index in [0.717, 1.165) is 0 Å². The predicted molar refractivity (Wildman–Crippen MR) is 51.1 cm³/mol. The van der Waals surface area contributed by atoms with Crippen molar-refractivity contribution in [3.63, 3.8) is 0 Å². The number of hydrogen-bond donors (Lipinski definition) is 0. The van der Waals surface area contributed by atoms with Crippen molar-refractivity contribution in [3.8, 4) is 5.75 Å². The lowest BCUT2D eigenvalue weighted by atomic mass is 10.3. The molecule has 0 spiro atoms. The van der Waals surface area contributed by atoms with Crippen molar-refractivity contribution < 1.29 is 13.0 Å². The lowest BCUT2D eigenvalue weighted by Gasteiger charge is -2.14. The summed E-state index contributed by atoms with van der Waals surface area (Å²) < 4.78 is 31.7. The van der Waals surface area contributed by atoms with Crippen LogP contribution in [0, 0.1) is 0 Å². The first-order valence-corrected chi connectivity index (χ1v) is 6.09. The number of benzene rings is 1. The van der Waals surface area contributed by atoms with Crippen LogP contribution < -0.4 is 9.92 Å². The van der Waals surface area contributed by atoms with E-state index in [1.165, 1.54) is 20.1 Å². The SMILES string of the molecule is CC[Si](F)(F)c1ccccc1OC. The smallest absolute Gasteiger partial charge is 0.458 e. The molecule has 72 valence electrons. The zero-order valence-electron chi connectivity index (χ0n) is 7.68. The zero-order chi connectivity index (χ0) is 9.90. The van der Waals surface area contributed by atoms with Crippen molar-refractivity contribution in [1.29, 1.82) is 0 Å².